The summed E-state index contributed by atoms with van der Waals surface area (Å²) in [5.41, 5.74) is 4.21. The summed E-state index contributed by atoms with van der Waals surface area (Å²) in [5.74, 6) is 2.76. The van der Waals surface area contributed by atoms with E-state index in [1.807, 2.05) is 54.8 Å². The van der Waals surface area contributed by atoms with Crippen LogP contribution in [0, 0.1) is 0 Å². The number of benzene rings is 3. The zero-order valence-electron chi connectivity index (χ0n) is 22.6. The first-order valence-electron chi connectivity index (χ1n) is 13.0. The molecule has 0 fully saturated rings. The van der Waals surface area contributed by atoms with Crippen molar-refractivity contribution in [3.63, 3.8) is 0 Å². The van der Waals surface area contributed by atoms with Gasteiger partial charge in [0, 0.05) is 16.9 Å². The largest absolute Gasteiger partial charge is 0.493 e. The number of oxime groups is 1. The van der Waals surface area contributed by atoms with E-state index in [2.05, 4.69) is 39.5 Å². The number of aromatic nitrogens is 4. The highest BCUT2D eigenvalue weighted by Crippen LogP contribution is 2.51. The van der Waals surface area contributed by atoms with E-state index in [0.717, 1.165) is 43.8 Å². The van der Waals surface area contributed by atoms with Gasteiger partial charge in [0.1, 0.15) is 12.1 Å². The normalized spacial score (nSPS) is 14.4. The Bertz CT molecular complexity index is 1930. The van der Waals surface area contributed by atoms with Crippen LogP contribution in [0.2, 0.25) is 0 Å². The summed E-state index contributed by atoms with van der Waals surface area (Å²) < 4.78 is 19.4. The molecule has 0 unspecified atom stereocenters. The van der Waals surface area contributed by atoms with Crippen LogP contribution in [0.15, 0.2) is 83.6 Å². The second kappa shape index (κ2) is 10.2. The van der Waals surface area contributed by atoms with Gasteiger partial charge in [-0.2, -0.15) is 0 Å². The number of hydrogen-bond donors (Lipinski definition) is 0. The van der Waals surface area contributed by atoms with Crippen molar-refractivity contribution in [3.8, 4) is 23.1 Å². The minimum atomic E-state index is -0.258. The van der Waals surface area contributed by atoms with Crippen LogP contribution in [0.3, 0.4) is 0 Å². The molecule has 6 aromatic rings. The van der Waals surface area contributed by atoms with Gasteiger partial charge in [-0.15, -0.1) is 16.4 Å². The van der Waals surface area contributed by atoms with E-state index in [0.29, 0.717) is 28.9 Å². The molecule has 7 rings (SSSR count). The van der Waals surface area contributed by atoms with Crippen molar-refractivity contribution in [1.82, 2.24) is 19.6 Å². The molecule has 0 aliphatic carbocycles. The quantitative estimate of drug-likeness (QED) is 0.160. The summed E-state index contributed by atoms with van der Waals surface area (Å²) in [4.78, 5) is 16.2. The Kier molecular flexibility index (Phi) is 6.24. The molecule has 204 valence electrons. The highest BCUT2D eigenvalue weighted by atomic mass is 32.1. The van der Waals surface area contributed by atoms with Crippen molar-refractivity contribution < 1.29 is 19.0 Å². The van der Waals surface area contributed by atoms with Crippen molar-refractivity contribution in [3.05, 3.63) is 106 Å². The minimum absolute atomic E-state index is 0.113. The maximum absolute atomic E-state index is 6.52. The first-order chi connectivity index (χ1) is 20.1. The Balaban J connectivity index is 1.35. The zero-order valence-corrected chi connectivity index (χ0v) is 23.4. The van der Waals surface area contributed by atoms with Crippen molar-refractivity contribution in [2.24, 2.45) is 5.16 Å². The molecule has 0 N–H and O–H groups in total. The third-order valence-electron chi connectivity index (χ3n) is 7.15. The molecule has 0 radical (unpaired) electrons. The molecule has 0 spiro atoms. The maximum atomic E-state index is 6.52. The molecule has 0 bridgehead atoms. The Morgan fingerprint density at radius 1 is 1.02 bits per heavy atom. The number of thiophene rings is 1. The van der Waals surface area contributed by atoms with Gasteiger partial charge in [-0.05, 0) is 41.5 Å². The fraction of sp³-hybridized carbons (Fsp3) is 0.161. The number of rotatable bonds is 7. The predicted molar refractivity (Wildman–Crippen MR) is 157 cm³/mol. The van der Waals surface area contributed by atoms with E-state index in [9.17, 15) is 0 Å². The molecule has 0 saturated heterocycles. The lowest BCUT2D eigenvalue weighted by Crippen LogP contribution is -2.15. The fourth-order valence-corrected chi connectivity index (χ4v) is 5.92. The van der Waals surface area contributed by atoms with Crippen LogP contribution < -0.4 is 14.2 Å². The predicted octanol–water partition coefficient (Wildman–Crippen LogP) is 6.58. The van der Waals surface area contributed by atoms with Gasteiger partial charge in [-0.1, -0.05) is 53.7 Å². The molecule has 4 heterocycles. The molecule has 9 nitrogen and oxygen atoms in total. The first-order valence-corrected chi connectivity index (χ1v) is 13.9. The minimum Gasteiger partial charge on any atom is -0.493 e. The van der Waals surface area contributed by atoms with E-state index in [1.165, 1.54) is 0 Å². The molecule has 41 heavy (non-hydrogen) atoms. The van der Waals surface area contributed by atoms with Gasteiger partial charge in [-0.25, -0.2) is 14.5 Å². The van der Waals surface area contributed by atoms with Gasteiger partial charge < -0.3 is 19.0 Å². The molecular weight excluding hydrogens is 538 g/mol. The molecular formula is C31H25N5O4S. The summed E-state index contributed by atoms with van der Waals surface area (Å²) >= 11 is 1.61. The van der Waals surface area contributed by atoms with E-state index in [1.54, 1.807) is 36.4 Å². The summed E-state index contributed by atoms with van der Waals surface area (Å²) in [7, 11) is 3.26. The fourth-order valence-electron chi connectivity index (χ4n) is 5.25. The Hall–Kier alpha value is -4.96. The van der Waals surface area contributed by atoms with Gasteiger partial charge >= 0.3 is 0 Å². The molecule has 0 saturated carbocycles. The van der Waals surface area contributed by atoms with Gasteiger partial charge in [0.2, 0.25) is 5.88 Å². The van der Waals surface area contributed by atoms with Crippen molar-refractivity contribution in [2.75, 3.05) is 14.2 Å². The first kappa shape index (κ1) is 25.0. The molecule has 1 aliphatic rings. The summed E-state index contributed by atoms with van der Waals surface area (Å²) in [5, 5.41) is 13.0. The van der Waals surface area contributed by atoms with E-state index in [-0.39, 0.29) is 12.5 Å². The maximum Gasteiger partial charge on any atom is 0.228 e. The molecule has 1 atom stereocenters. The lowest BCUT2D eigenvalue weighted by molar-refractivity contribution is 0.125. The molecule has 1 aliphatic heterocycles. The van der Waals surface area contributed by atoms with E-state index >= 15 is 0 Å². The van der Waals surface area contributed by atoms with Crippen LogP contribution >= 0.6 is 11.3 Å². The standard InChI is InChI=1S/C31H25N5O4S/c1-18(25-9-6-14-41-25)35-39-16-26-33-30-28-27(20-11-13-23(37-2)24(15-20)38-3)22-12-10-19-7-4-5-8-21(19)29(22)40-31(28)32-17-36(30)34-26/h4-15,17,27H,16H2,1-3H3/b35-18-/t27-/m0/s1. The third-order valence-corrected chi connectivity index (χ3v) is 8.13. The summed E-state index contributed by atoms with van der Waals surface area (Å²) in [6, 6.07) is 22.3. The number of methoxy groups -OCH3 is 2. The Morgan fingerprint density at radius 2 is 1.90 bits per heavy atom. The van der Waals surface area contributed by atoms with Gasteiger partial charge in [0.25, 0.3) is 0 Å². The van der Waals surface area contributed by atoms with Gasteiger partial charge in [0.15, 0.2) is 29.6 Å². The van der Waals surface area contributed by atoms with Crippen LogP contribution in [0.25, 0.3) is 16.4 Å². The van der Waals surface area contributed by atoms with Crippen molar-refractivity contribution in [1.29, 1.82) is 0 Å². The number of ether oxygens (including phenoxy) is 3. The van der Waals surface area contributed by atoms with Crippen LogP contribution in [-0.2, 0) is 11.4 Å². The van der Waals surface area contributed by atoms with Crippen LogP contribution in [0.4, 0.5) is 0 Å². The average Bonchev–Trinajstić information content (AvgIpc) is 3.70. The number of nitrogens with zero attached hydrogens (tertiary/aromatic N) is 5. The second-order valence-corrected chi connectivity index (χ2v) is 10.5. The third kappa shape index (κ3) is 4.33. The Morgan fingerprint density at radius 3 is 2.73 bits per heavy atom. The topological polar surface area (TPSA) is 92.4 Å². The number of hydrogen-bond acceptors (Lipinski definition) is 9. The second-order valence-electron chi connectivity index (χ2n) is 9.54. The highest BCUT2D eigenvalue weighted by Gasteiger charge is 2.34. The SMILES string of the molecule is COc1ccc([C@H]2c3ccc4ccccc4c3Oc3ncn4nc(CO/N=C(/C)c5cccs5)nc4c32)cc1OC. The average molecular weight is 564 g/mol. The van der Waals surface area contributed by atoms with E-state index in [4.69, 9.17) is 24.0 Å². The van der Waals surface area contributed by atoms with Crippen molar-refractivity contribution in [2.45, 2.75) is 19.4 Å². The molecule has 10 heteroatoms. The monoisotopic (exact) mass is 563 g/mol. The van der Waals surface area contributed by atoms with Crippen molar-refractivity contribution >= 4 is 33.5 Å². The highest BCUT2D eigenvalue weighted by molar-refractivity contribution is 7.12. The Labute approximate surface area is 239 Å². The van der Waals surface area contributed by atoms with Crippen LogP contribution in [0.1, 0.15) is 40.2 Å². The summed E-state index contributed by atoms with van der Waals surface area (Å²) in [6.07, 6.45) is 1.62. The zero-order chi connectivity index (χ0) is 27.9. The van der Waals surface area contributed by atoms with E-state index < -0.39 is 0 Å². The smallest absolute Gasteiger partial charge is 0.228 e. The summed E-state index contributed by atoms with van der Waals surface area (Å²) in [6.45, 7) is 2.03. The van der Waals surface area contributed by atoms with Gasteiger partial charge in [-0.3, -0.25) is 0 Å². The molecule has 3 aromatic heterocycles. The number of fused-ring (bicyclic) bond motifs is 6. The molecule has 3 aromatic carbocycles. The molecule has 0 amide bonds. The van der Waals surface area contributed by atoms with Crippen LogP contribution in [-0.4, -0.2) is 39.5 Å². The lowest BCUT2D eigenvalue weighted by Gasteiger charge is -2.29. The van der Waals surface area contributed by atoms with Gasteiger partial charge in [0.05, 0.1) is 30.4 Å². The lowest BCUT2D eigenvalue weighted by atomic mass is 9.82. The van der Waals surface area contributed by atoms with Crippen LogP contribution in [0.5, 0.6) is 23.1 Å².